The first-order chi connectivity index (χ1) is 17.7. The van der Waals surface area contributed by atoms with Crippen LogP contribution in [0, 0.1) is 11.8 Å². The predicted octanol–water partition coefficient (Wildman–Crippen LogP) is 6.72. The highest BCUT2D eigenvalue weighted by atomic mass is 16.5. The number of ether oxygens (including phenoxy) is 1. The number of carbonyl (C=O) groups is 2. The first-order valence-corrected chi connectivity index (χ1v) is 12.2. The van der Waals surface area contributed by atoms with Gasteiger partial charge in [-0.05, 0) is 47.5 Å². The topological polar surface area (TPSA) is 46.6 Å². The van der Waals surface area contributed by atoms with Crippen molar-refractivity contribution in [3.8, 4) is 11.5 Å². The number of imide groups is 1. The summed E-state index contributed by atoms with van der Waals surface area (Å²) in [6.45, 7) is 0. The molecule has 0 bridgehead atoms. The number of para-hydroxylation sites is 1. The first-order valence-electron chi connectivity index (χ1n) is 12.2. The van der Waals surface area contributed by atoms with Crippen molar-refractivity contribution in [1.29, 1.82) is 0 Å². The molecule has 0 radical (unpaired) electrons. The lowest BCUT2D eigenvalue weighted by Crippen LogP contribution is -2.31. The van der Waals surface area contributed by atoms with E-state index in [-0.39, 0.29) is 23.7 Å². The van der Waals surface area contributed by atoms with Gasteiger partial charge in [0.25, 0.3) is 0 Å². The van der Waals surface area contributed by atoms with Gasteiger partial charge in [0.2, 0.25) is 11.8 Å². The number of carbonyl (C=O) groups excluding carboxylic acids is 2. The van der Waals surface area contributed by atoms with Gasteiger partial charge in [-0.2, -0.15) is 0 Å². The molecule has 0 spiro atoms. The van der Waals surface area contributed by atoms with Gasteiger partial charge >= 0.3 is 0 Å². The Morgan fingerprint density at radius 2 is 0.917 bits per heavy atom. The lowest BCUT2D eigenvalue weighted by molar-refractivity contribution is -0.122. The second-order valence-electron chi connectivity index (χ2n) is 9.23. The fourth-order valence-electron chi connectivity index (χ4n) is 5.48. The van der Waals surface area contributed by atoms with Crippen LogP contribution in [0.5, 0.6) is 11.5 Å². The molecule has 4 aromatic carbocycles. The third-order valence-corrected chi connectivity index (χ3v) is 7.14. The summed E-state index contributed by atoms with van der Waals surface area (Å²) in [5.74, 6) is -0.163. The normalized spacial score (nSPS) is 22.9. The van der Waals surface area contributed by atoms with Crippen LogP contribution in [-0.4, -0.2) is 11.8 Å². The van der Waals surface area contributed by atoms with E-state index in [4.69, 9.17) is 4.74 Å². The molecule has 2 aliphatic rings. The maximum Gasteiger partial charge on any atom is 0.238 e. The van der Waals surface area contributed by atoms with Crippen molar-refractivity contribution in [2.75, 3.05) is 4.90 Å². The van der Waals surface area contributed by atoms with Gasteiger partial charge in [0.15, 0.2) is 0 Å². The number of amides is 2. The van der Waals surface area contributed by atoms with Gasteiger partial charge < -0.3 is 4.74 Å². The Kier molecular flexibility index (Phi) is 5.70. The molecule has 1 aliphatic carbocycles. The largest absolute Gasteiger partial charge is 0.457 e. The van der Waals surface area contributed by atoms with Gasteiger partial charge in [-0.1, -0.05) is 91.0 Å². The molecule has 4 aromatic rings. The highest BCUT2D eigenvalue weighted by Crippen LogP contribution is 2.50. The molecule has 176 valence electrons. The average molecular weight is 472 g/mol. The van der Waals surface area contributed by atoms with Crippen molar-refractivity contribution < 1.29 is 14.3 Å². The van der Waals surface area contributed by atoms with Crippen LogP contribution in [0.4, 0.5) is 5.69 Å². The summed E-state index contributed by atoms with van der Waals surface area (Å²) >= 11 is 0. The van der Waals surface area contributed by atoms with E-state index in [0.29, 0.717) is 11.4 Å². The lowest BCUT2D eigenvalue weighted by Gasteiger charge is -2.32. The second-order valence-corrected chi connectivity index (χ2v) is 9.23. The van der Waals surface area contributed by atoms with Gasteiger partial charge in [-0.3, -0.25) is 9.59 Å². The maximum atomic E-state index is 13.9. The smallest absolute Gasteiger partial charge is 0.238 e. The highest BCUT2D eigenvalue weighted by Gasteiger charge is 2.55. The number of nitrogens with zero attached hydrogens (tertiary/aromatic N) is 1. The Labute approximate surface area is 210 Å². The minimum atomic E-state index is -0.463. The molecule has 36 heavy (non-hydrogen) atoms. The van der Waals surface area contributed by atoms with Crippen LogP contribution in [0.2, 0.25) is 0 Å². The number of allylic oxidation sites excluding steroid dienone is 2. The summed E-state index contributed by atoms with van der Waals surface area (Å²) < 4.78 is 5.90. The molecular formula is C32H25NO3. The van der Waals surface area contributed by atoms with Crippen molar-refractivity contribution in [2.24, 2.45) is 11.8 Å². The zero-order valence-corrected chi connectivity index (χ0v) is 19.6. The molecule has 1 fully saturated rings. The molecule has 4 heteroatoms. The number of anilines is 1. The molecule has 1 heterocycles. The van der Waals surface area contributed by atoms with Gasteiger partial charge in [0, 0.05) is 11.8 Å². The zero-order chi connectivity index (χ0) is 24.5. The van der Waals surface area contributed by atoms with E-state index in [2.05, 4.69) is 12.2 Å². The lowest BCUT2D eigenvalue weighted by atomic mass is 9.68. The summed E-state index contributed by atoms with van der Waals surface area (Å²) in [4.78, 5) is 29.2. The van der Waals surface area contributed by atoms with Gasteiger partial charge in [-0.25, -0.2) is 4.90 Å². The Bertz CT molecular complexity index is 1330. The van der Waals surface area contributed by atoms with Crippen molar-refractivity contribution in [1.82, 2.24) is 0 Å². The van der Waals surface area contributed by atoms with Gasteiger partial charge in [-0.15, -0.1) is 0 Å². The fraction of sp³-hybridized carbons (Fsp3) is 0.125. The predicted molar refractivity (Wildman–Crippen MR) is 140 cm³/mol. The molecule has 6 rings (SSSR count). The Balaban J connectivity index is 1.36. The number of hydrogen-bond acceptors (Lipinski definition) is 3. The summed E-state index contributed by atoms with van der Waals surface area (Å²) in [5, 5.41) is 0. The number of hydrogen-bond donors (Lipinski definition) is 0. The second kappa shape index (κ2) is 9.31. The van der Waals surface area contributed by atoms with E-state index in [9.17, 15) is 9.59 Å². The van der Waals surface area contributed by atoms with Crippen molar-refractivity contribution in [3.05, 3.63) is 139 Å². The Morgan fingerprint density at radius 3 is 1.39 bits per heavy atom. The number of benzene rings is 4. The van der Waals surface area contributed by atoms with Crippen LogP contribution >= 0.6 is 0 Å². The van der Waals surface area contributed by atoms with Crippen LogP contribution in [0.15, 0.2) is 127 Å². The summed E-state index contributed by atoms with van der Waals surface area (Å²) in [6, 6.07) is 36.7. The van der Waals surface area contributed by atoms with Crippen LogP contribution in [0.3, 0.4) is 0 Å². The third-order valence-electron chi connectivity index (χ3n) is 7.14. The SMILES string of the molecule is O=C1[C@@H]2[C@H](C(=O)N1c1ccc(Oc3ccccc3)cc1)[C@H](c1ccccc1)C=C[C@H]2c1ccccc1. The van der Waals surface area contributed by atoms with Crippen molar-refractivity contribution in [2.45, 2.75) is 11.8 Å². The molecule has 4 nitrogen and oxygen atoms in total. The van der Waals surface area contributed by atoms with Crippen LogP contribution < -0.4 is 9.64 Å². The fourth-order valence-corrected chi connectivity index (χ4v) is 5.48. The summed E-state index contributed by atoms with van der Waals surface area (Å²) in [5.41, 5.74) is 2.66. The number of rotatable bonds is 5. The first kappa shape index (κ1) is 22.1. The van der Waals surface area contributed by atoms with E-state index in [1.54, 1.807) is 24.3 Å². The quantitative estimate of drug-likeness (QED) is 0.240. The molecule has 0 N–H and O–H groups in total. The molecule has 1 aliphatic heterocycles. The van der Waals surface area contributed by atoms with Crippen molar-refractivity contribution in [3.63, 3.8) is 0 Å². The van der Waals surface area contributed by atoms with Gasteiger partial charge in [0.1, 0.15) is 11.5 Å². The van der Waals surface area contributed by atoms with Crippen LogP contribution in [0.1, 0.15) is 23.0 Å². The number of fused-ring (bicyclic) bond motifs is 1. The minimum Gasteiger partial charge on any atom is -0.457 e. The van der Waals surface area contributed by atoms with Crippen molar-refractivity contribution >= 4 is 17.5 Å². The van der Waals surface area contributed by atoms with E-state index in [0.717, 1.165) is 16.9 Å². The third kappa shape index (κ3) is 3.91. The molecule has 0 saturated carbocycles. The Hall–Kier alpha value is -4.44. The summed E-state index contributed by atoms with van der Waals surface area (Å²) in [6.07, 6.45) is 4.22. The molecule has 2 amide bonds. The van der Waals surface area contributed by atoms with E-state index >= 15 is 0 Å². The van der Waals surface area contributed by atoms with Gasteiger partial charge in [0.05, 0.1) is 17.5 Å². The average Bonchev–Trinajstić information content (AvgIpc) is 3.20. The maximum absolute atomic E-state index is 13.9. The van der Waals surface area contributed by atoms with E-state index in [1.165, 1.54) is 4.90 Å². The molecular weight excluding hydrogens is 446 g/mol. The van der Waals surface area contributed by atoms with E-state index in [1.807, 2.05) is 91.0 Å². The standard InChI is InChI=1S/C32H25NO3/c34-31-29-27(22-10-4-1-5-11-22)20-21-28(23-12-6-2-7-13-23)30(29)32(35)33(31)24-16-18-26(19-17-24)36-25-14-8-3-9-15-25/h1-21,27-30H/t27-,28-,29-,30+/m0/s1. The molecule has 1 saturated heterocycles. The van der Waals surface area contributed by atoms with Crippen LogP contribution in [0.25, 0.3) is 0 Å². The summed E-state index contributed by atoms with van der Waals surface area (Å²) in [7, 11) is 0. The van der Waals surface area contributed by atoms with Crippen LogP contribution in [-0.2, 0) is 9.59 Å². The Morgan fingerprint density at radius 1 is 0.500 bits per heavy atom. The zero-order valence-electron chi connectivity index (χ0n) is 19.6. The minimum absolute atomic E-state index is 0.152. The monoisotopic (exact) mass is 471 g/mol. The molecule has 0 aromatic heterocycles. The molecule has 0 unspecified atom stereocenters. The van der Waals surface area contributed by atoms with E-state index < -0.39 is 11.8 Å². The highest BCUT2D eigenvalue weighted by molar-refractivity contribution is 6.23. The molecule has 4 atom stereocenters.